The molecule has 0 aromatic carbocycles. The van der Waals surface area contributed by atoms with Crippen molar-refractivity contribution in [2.24, 2.45) is 0 Å². The van der Waals surface area contributed by atoms with Crippen LogP contribution in [-0.2, 0) is 5.60 Å². The number of piperidine rings is 1. The Morgan fingerprint density at radius 3 is 2.83 bits per heavy atom. The third-order valence-electron chi connectivity index (χ3n) is 3.52. The normalized spacial score (nSPS) is 19.7. The highest BCUT2D eigenvalue weighted by Gasteiger charge is 2.36. The molecule has 18 heavy (non-hydrogen) atoms. The number of carbonyl (C=O) groups excluding carboxylic acids is 1. The second kappa shape index (κ2) is 5.38. The topological polar surface area (TPSA) is 52.6 Å². The van der Waals surface area contributed by atoms with Gasteiger partial charge in [-0.2, -0.15) is 0 Å². The highest BCUT2D eigenvalue weighted by molar-refractivity contribution is 7.12. The van der Waals surface area contributed by atoms with E-state index in [0.717, 1.165) is 18.7 Å². The van der Waals surface area contributed by atoms with Crippen LogP contribution in [0.15, 0.2) is 11.4 Å². The zero-order valence-corrected chi connectivity index (χ0v) is 11.7. The average molecular weight is 268 g/mol. The van der Waals surface area contributed by atoms with Crippen molar-refractivity contribution in [3.8, 4) is 0 Å². The molecular formula is C13H20N2O2S. The lowest BCUT2D eigenvalue weighted by molar-refractivity contribution is -0.0204. The minimum atomic E-state index is -0.840. The van der Waals surface area contributed by atoms with Gasteiger partial charge in [0.05, 0.1) is 10.5 Å². The van der Waals surface area contributed by atoms with Gasteiger partial charge in [0.25, 0.3) is 5.91 Å². The SMILES string of the molecule is CCNC(=O)c1sccc1C1(O)CCN(C)CC1. The van der Waals surface area contributed by atoms with Crippen molar-refractivity contribution in [2.45, 2.75) is 25.4 Å². The molecule has 5 heteroatoms. The van der Waals surface area contributed by atoms with Crippen molar-refractivity contribution in [1.29, 1.82) is 0 Å². The van der Waals surface area contributed by atoms with Gasteiger partial charge in [-0.1, -0.05) is 0 Å². The zero-order chi connectivity index (χ0) is 13.2. The molecule has 0 radical (unpaired) electrons. The van der Waals surface area contributed by atoms with Crippen LogP contribution >= 0.6 is 11.3 Å². The molecule has 0 unspecified atom stereocenters. The first kappa shape index (κ1) is 13.5. The molecule has 1 aromatic heterocycles. The summed E-state index contributed by atoms with van der Waals surface area (Å²) in [6, 6.07) is 1.89. The Kier molecular flexibility index (Phi) is 4.04. The van der Waals surface area contributed by atoms with Gasteiger partial charge >= 0.3 is 0 Å². The molecule has 1 aliphatic heterocycles. The quantitative estimate of drug-likeness (QED) is 0.871. The second-order valence-electron chi connectivity index (χ2n) is 4.86. The van der Waals surface area contributed by atoms with E-state index in [-0.39, 0.29) is 5.91 Å². The van der Waals surface area contributed by atoms with Crippen LogP contribution in [-0.4, -0.2) is 42.6 Å². The maximum atomic E-state index is 12.0. The van der Waals surface area contributed by atoms with Crippen LogP contribution in [0.4, 0.5) is 0 Å². The maximum Gasteiger partial charge on any atom is 0.261 e. The Hall–Kier alpha value is -0.910. The molecule has 2 N–H and O–H groups in total. The fourth-order valence-corrected chi connectivity index (χ4v) is 3.25. The van der Waals surface area contributed by atoms with Crippen LogP contribution in [0.2, 0.25) is 0 Å². The predicted octanol–water partition coefficient (Wildman–Crippen LogP) is 1.41. The Labute approximate surface area is 112 Å². The van der Waals surface area contributed by atoms with Crippen LogP contribution in [0.25, 0.3) is 0 Å². The lowest BCUT2D eigenvalue weighted by Gasteiger charge is -2.36. The first-order valence-electron chi connectivity index (χ1n) is 6.34. The summed E-state index contributed by atoms with van der Waals surface area (Å²) in [7, 11) is 2.05. The first-order valence-corrected chi connectivity index (χ1v) is 7.22. The van der Waals surface area contributed by atoms with Gasteiger partial charge in [-0.25, -0.2) is 0 Å². The standard InChI is InChI=1S/C13H20N2O2S/c1-3-14-12(16)11-10(4-9-18-11)13(17)5-7-15(2)8-6-13/h4,9,17H,3,5-8H2,1-2H3,(H,14,16). The van der Waals surface area contributed by atoms with E-state index in [4.69, 9.17) is 0 Å². The van der Waals surface area contributed by atoms with E-state index >= 15 is 0 Å². The van der Waals surface area contributed by atoms with Crippen molar-refractivity contribution in [3.05, 3.63) is 21.9 Å². The number of aliphatic hydroxyl groups is 1. The maximum absolute atomic E-state index is 12.0. The number of hydrogen-bond acceptors (Lipinski definition) is 4. The van der Waals surface area contributed by atoms with E-state index in [1.807, 2.05) is 18.4 Å². The number of rotatable bonds is 3. The third kappa shape index (κ3) is 2.58. The highest BCUT2D eigenvalue weighted by atomic mass is 32.1. The molecule has 0 saturated carbocycles. The summed E-state index contributed by atoms with van der Waals surface area (Å²) in [6.45, 7) is 4.23. The number of hydrogen-bond donors (Lipinski definition) is 2. The van der Waals surface area contributed by atoms with Crippen molar-refractivity contribution >= 4 is 17.2 Å². The number of thiophene rings is 1. The number of nitrogens with zero attached hydrogens (tertiary/aromatic N) is 1. The summed E-state index contributed by atoms with van der Waals surface area (Å²) in [5, 5.41) is 15.4. The van der Waals surface area contributed by atoms with Gasteiger partial charge in [0, 0.05) is 25.2 Å². The summed E-state index contributed by atoms with van der Waals surface area (Å²) < 4.78 is 0. The number of amides is 1. The minimum Gasteiger partial charge on any atom is -0.385 e. The van der Waals surface area contributed by atoms with E-state index < -0.39 is 5.60 Å². The summed E-state index contributed by atoms with van der Waals surface area (Å²) >= 11 is 1.40. The van der Waals surface area contributed by atoms with E-state index in [2.05, 4.69) is 17.3 Å². The van der Waals surface area contributed by atoms with Crippen LogP contribution in [0, 0.1) is 0 Å². The van der Waals surface area contributed by atoms with Crippen molar-refractivity contribution in [3.63, 3.8) is 0 Å². The molecule has 1 aromatic rings. The van der Waals surface area contributed by atoms with Gasteiger partial charge in [0.2, 0.25) is 0 Å². The fraction of sp³-hybridized carbons (Fsp3) is 0.615. The summed E-state index contributed by atoms with van der Waals surface area (Å²) in [4.78, 5) is 14.8. The van der Waals surface area contributed by atoms with Crippen LogP contribution in [0.3, 0.4) is 0 Å². The smallest absolute Gasteiger partial charge is 0.261 e. The van der Waals surface area contributed by atoms with E-state index in [9.17, 15) is 9.90 Å². The minimum absolute atomic E-state index is 0.0742. The van der Waals surface area contributed by atoms with Gasteiger partial charge in [-0.15, -0.1) is 11.3 Å². The number of nitrogens with one attached hydrogen (secondary N) is 1. The lowest BCUT2D eigenvalue weighted by atomic mass is 9.84. The molecule has 1 fully saturated rings. The van der Waals surface area contributed by atoms with E-state index in [1.165, 1.54) is 11.3 Å². The van der Waals surface area contributed by atoms with Crippen molar-refractivity contribution < 1.29 is 9.90 Å². The Morgan fingerprint density at radius 1 is 1.56 bits per heavy atom. The average Bonchev–Trinajstić information content (AvgIpc) is 2.83. The van der Waals surface area contributed by atoms with Gasteiger partial charge in [-0.05, 0) is 38.3 Å². The zero-order valence-electron chi connectivity index (χ0n) is 10.9. The fourth-order valence-electron chi connectivity index (χ4n) is 2.35. The van der Waals surface area contributed by atoms with Crippen LogP contribution in [0.5, 0.6) is 0 Å². The highest BCUT2D eigenvalue weighted by Crippen LogP contribution is 2.36. The van der Waals surface area contributed by atoms with E-state index in [0.29, 0.717) is 24.3 Å². The number of carbonyl (C=O) groups is 1. The molecule has 2 heterocycles. The number of likely N-dealkylation sites (tertiary alicyclic amines) is 1. The summed E-state index contributed by atoms with van der Waals surface area (Å²) in [6.07, 6.45) is 1.37. The summed E-state index contributed by atoms with van der Waals surface area (Å²) in [5.41, 5.74) is -0.0426. The Bertz CT molecular complexity index is 422. The van der Waals surface area contributed by atoms with E-state index in [1.54, 1.807) is 0 Å². The molecule has 1 amide bonds. The first-order chi connectivity index (χ1) is 8.57. The Morgan fingerprint density at radius 2 is 2.22 bits per heavy atom. The third-order valence-corrected chi connectivity index (χ3v) is 4.44. The molecule has 0 spiro atoms. The van der Waals surface area contributed by atoms with Gasteiger partial charge in [0.1, 0.15) is 0 Å². The van der Waals surface area contributed by atoms with Crippen LogP contribution in [0.1, 0.15) is 35.0 Å². The molecule has 0 atom stereocenters. The molecule has 1 saturated heterocycles. The van der Waals surface area contributed by atoms with Gasteiger partial charge in [0.15, 0.2) is 0 Å². The predicted molar refractivity (Wildman–Crippen MR) is 73.0 cm³/mol. The van der Waals surface area contributed by atoms with Crippen molar-refractivity contribution in [2.75, 3.05) is 26.7 Å². The molecule has 0 bridgehead atoms. The molecule has 100 valence electrons. The molecule has 0 aliphatic carbocycles. The van der Waals surface area contributed by atoms with Gasteiger partial charge in [-0.3, -0.25) is 4.79 Å². The molecule has 4 nitrogen and oxygen atoms in total. The van der Waals surface area contributed by atoms with Crippen molar-refractivity contribution in [1.82, 2.24) is 10.2 Å². The largest absolute Gasteiger partial charge is 0.385 e. The van der Waals surface area contributed by atoms with Gasteiger partial charge < -0.3 is 15.3 Å². The monoisotopic (exact) mass is 268 g/mol. The Balaban J connectivity index is 2.23. The second-order valence-corrected chi connectivity index (χ2v) is 5.77. The molecule has 1 aliphatic rings. The summed E-state index contributed by atoms with van der Waals surface area (Å²) in [5.74, 6) is -0.0742. The lowest BCUT2D eigenvalue weighted by Crippen LogP contribution is -2.41. The van der Waals surface area contributed by atoms with Crippen LogP contribution < -0.4 is 5.32 Å². The molecule has 2 rings (SSSR count). The molecular weight excluding hydrogens is 248 g/mol.